The molecule has 2 N–H and O–H groups in total. The normalized spacial score (nSPS) is 27.5. The van der Waals surface area contributed by atoms with Crippen LogP contribution in [0.1, 0.15) is 58.3 Å². The van der Waals surface area contributed by atoms with Gasteiger partial charge < -0.3 is 15.3 Å². The Balaban J connectivity index is 1.34. The molecule has 3 aliphatic rings. The number of aliphatic carboxylic acids is 1. The maximum absolute atomic E-state index is 12.4. The highest BCUT2D eigenvalue weighted by molar-refractivity contribution is 5.74. The molecule has 3 fully saturated rings. The van der Waals surface area contributed by atoms with Crippen molar-refractivity contribution in [3.8, 4) is 0 Å². The van der Waals surface area contributed by atoms with E-state index in [4.69, 9.17) is 5.11 Å². The van der Waals surface area contributed by atoms with Crippen LogP contribution in [0.15, 0.2) is 0 Å². The lowest BCUT2D eigenvalue weighted by atomic mass is 9.85. The zero-order valence-corrected chi connectivity index (χ0v) is 16.2. The predicted octanol–water partition coefficient (Wildman–Crippen LogP) is 2.78. The quantitative estimate of drug-likeness (QED) is 0.728. The van der Waals surface area contributed by atoms with Gasteiger partial charge >= 0.3 is 12.0 Å². The van der Waals surface area contributed by atoms with Crippen molar-refractivity contribution in [3.05, 3.63) is 0 Å². The fraction of sp³-hybridized carbons (Fsp3) is 0.900. The third-order valence-corrected chi connectivity index (χ3v) is 6.76. The van der Waals surface area contributed by atoms with Gasteiger partial charge in [0.15, 0.2) is 0 Å². The topological polar surface area (TPSA) is 72.9 Å². The molecule has 2 aliphatic carbocycles. The first-order chi connectivity index (χ1) is 12.6. The number of amides is 2. The van der Waals surface area contributed by atoms with Crippen LogP contribution >= 0.6 is 0 Å². The highest BCUT2D eigenvalue weighted by atomic mass is 16.4. The van der Waals surface area contributed by atoms with Gasteiger partial charge in [0.05, 0.1) is 6.54 Å². The molecule has 3 rings (SSSR count). The molecule has 0 radical (unpaired) electrons. The number of hydrogen-bond donors (Lipinski definition) is 2. The molecule has 26 heavy (non-hydrogen) atoms. The predicted molar refractivity (Wildman–Crippen MR) is 101 cm³/mol. The number of nitrogens with zero attached hydrogens (tertiary/aromatic N) is 2. The van der Waals surface area contributed by atoms with Gasteiger partial charge in [0.25, 0.3) is 0 Å². The molecule has 0 unspecified atom stereocenters. The summed E-state index contributed by atoms with van der Waals surface area (Å²) in [5, 5.41) is 12.2. The number of carbonyl (C=O) groups is 2. The van der Waals surface area contributed by atoms with Crippen molar-refractivity contribution in [2.45, 2.75) is 64.3 Å². The first-order valence-corrected chi connectivity index (χ1v) is 10.6. The van der Waals surface area contributed by atoms with Gasteiger partial charge in [-0.3, -0.25) is 9.69 Å². The number of piperidine rings is 1. The fourth-order valence-corrected chi connectivity index (χ4v) is 5.08. The Hall–Kier alpha value is -1.30. The van der Waals surface area contributed by atoms with Gasteiger partial charge in [0, 0.05) is 25.7 Å². The minimum absolute atomic E-state index is 0.0685. The molecule has 0 aromatic rings. The van der Waals surface area contributed by atoms with Crippen LogP contribution in [0.5, 0.6) is 0 Å². The van der Waals surface area contributed by atoms with Crippen LogP contribution in [0, 0.1) is 17.8 Å². The van der Waals surface area contributed by atoms with E-state index in [1.165, 1.54) is 38.5 Å². The highest BCUT2D eigenvalue weighted by Gasteiger charge is 2.42. The lowest BCUT2D eigenvalue weighted by molar-refractivity contribution is -0.139. The van der Waals surface area contributed by atoms with Crippen LogP contribution in [0.25, 0.3) is 0 Å². The van der Waals surface area contributed by atoms with E-state index in [1.54, 1.807) is 0 Å². The first kappa shape index (κ1) is 19.5. The van der Waals surface area contributed by atoms with Gasteiger partial charge in [0.2, 0.25) is 0 Å². The molecular formula is C20H35N3O3. The van der Waals surface area contributed by atoms with Gasteiger partial charge in [-0.05, 0) is 43.6 Å². The Kier molecular flexibility index (Phi) is 6.79. The average molecular weight is 366 g/mol. The van der Waals surface area contributed by atoms with Crippen molar-refractivity contribution in [2.24, 2.45) is 17.8 Å². The molecule has 2 amide bonds. The Morgan fingerprint density at radius 1 is 1.12 bits per heavy atom. The molecule has 148 valence electrons. The third kappa shape index (κ3) is 5.12. The van der Waals surface area contributed by atoms with E-state index in [0.717, 1.165) is 50.9 Å². The molecule has 0 bridgehead atoms. The van der Waals surface area contributed by atoms with Crippen molar-refractivity contribution in [2.75, 3.05) is 32.7 Å². The Bertz CT molecular complexity index is 485. The Morgan fingerprint density at radius 3 is 2.42 bits per heavy atom. The van der Waals surface area contributed by atoms with Crippen molar-refractivity contribution < 1.29 is 14.7 Å². The van der Waals surface area contributed by atoms with E-state index < -0.39 is 5.97 Å². The molecule has 2 atom stereocenters. The van der Waals surface area contributed by atoms with Gasteiger partial charge in [-0.25, -0.2) is 4.79 Å². The fourth-order valence-electron chi connectivity index (χ4n) is 5.08. The number of carboxylic acid groups (broad SMARTS) is 1. The van der Waals surface area contributed by atoms with E-state index in [2.05, 4.69) is 5.32 Å². The van der Waals surface area contributed by atoms with Crippen LogP contribution in [-0.4, -0.2) is 65.7 Å². The van der Waals surface area contributed by atoms with Crippen LogP contribution < -0.4 is 5.32 Å². The summed E-state index contributed by atoms with van der Waals surface area (Å²) in [7, 11) is 0. The van der Waals surface area contributed by atoms with Gasteiger partial charge in [-0.15, -0.1) is 0 Å². The van der Waals surface area contributed by atoms with Crippen LogP contribution in [0.2, 0.25) is 0 Å². The summed E-state index contributed by atoms with van der Waals surface area (Å²) in [6.45, 7) is 5.12. The summed E-state index contributed by atoms with van der Waals surface area (Å²) in [6.07, 6.45) is 10.0. The number of urea groups is 1. The second-order valence-electron chi connectivity index (χ2n) is 8.42. The second kappa shape index (κ2) is 9.07. The van der Waals surface area contributed by atoms with Crippen molar-refractivity contribution in [3.63, 3.8) is 0 Å². The summed E-state index contributed by atoms with van der Waals surface area (Å²) in [6, 6.07) is 0.346. The first-order valence-electron chi connectivity index (χ1n) is 10.6. The number of likely N-dealkylation sites (tertiary alicyclic amines) is 1. The lowest BCUT2D eigenvalue weighted by Gasteiger charge is -2.37. The summed E-state index contributed by atoms with van der Waals surface area (Å²) in [4.78, 5) is 27.3. The van der Waals surface area contributed by atoms with Crippen LogP contribution in [0.4, 0.5) is 4.79 Å². The van der Waals surface area contributed by atoms with Gasteiger partial charge in [0.1, 0.15) is 0 Å². The smallest absolute Gasteiger partial charge is 0.317 e. The maximum Gasteiger partial charge on any atom is 0.317 e. The zero-order chi connectivity index (χ0) is 18.5. The zero-order valence-electron chi connectivity index (χ0n) is 16.2. The second-order valence-corrected chi connectivity index (χ2v) is 8.42. The monoisotopic (exact) mass is 365 g/mol. The third-order valence-electron chi connectivity index (χ3n) is 6.76. The highest BCUT2D eigenvalue weighted by Crippen LogP contribution is 2.48. The van der Waals surface area contributed by atoms with Crippen molar-refractivity contribution in [1.29, 1.82) is 0 Å². The lowest BCUT2D eigenvalue weighted by Crippen LogP contribution is -2.50. The summed E-state index contributed by atoms with van der Waals surface area (Å²) in [5.74, 6) is 1.70. The molecule has 0 aromatic heterocycles. The van der Waals surface area contributed by atoms with Crippen molar-refractivity contribution >= 4 is 12.0 Å². The van der Waals surface area contributed by atoms with E-state index in [1.807, 2.05) is 16.7 Å². The van der Waals surface area contributed by atoms with E-state index in [-0.39, 0.29) is 18.6 Å². The Labute approximate surface area is 157 Å². The van der Waals surface area contributed by atoms with E-state index in [9.17, 15) is 9.59 Å². The van der Waals surface area contributed by atoms with Gasteiger partial charge in [-0.2, -0.15) is 0 Å². The van der Waals surface area contributed by atoms with Gasteiger partial charge in [-0.1, -0.05) is 39.0 Å². The van der Waals surface area contributed by atoms with Crippen molar-refractivity contribution in [1.82, 2.24) is 15.1 Å². The molecular weight excluding hydrogens is 330 g/mol. The minimum Gasteiger partial charge on any atom is -0.480 e. The van der Waals surface area contributed by atoms with E-state index >= 15 is 0 Å². The number of nitrogens with one attached hydrogen (secondary N) is 1. The molecule has 2 saturated carbocycles. The summed E-state index contributed by atoms with van der Waals surface area (Å²) in [5.41, 5.74) is 0. The Morgan fingerprint density at radius 2 is 1.81 bits per heavy atom. The number of likely N-dealkylation sites (N-methyl/N-ethyl adjacent to an activating group) is 1. The molecule has 6 nitrogen and oxygen atoms in total. The number of carbonyl (C=O) groups excluding carboxylic acids is 1. The summed E-state index contributed by atoms with van der Waals surface area (Å²) < 4.78 is 0. The molecule has 1 saturated heterocycles. The van der Waals surface area contributed by atoms with Crippen LogP contribution in [-0.2, 0) is 4.79 Å². The largest absolute Gasteiger partial charge is 0.480 e. The standard InChI is InChI=1S/C20H35N3O3/c1-2-22(14-19(24)25)17-8-10-23(11-9-17)20(26)21-13-16-12-18(16)15-6-4-3-5-7-15/h15-18H,2-14H2,1H3,(H,21,26)(H,24,25)/t16-,18-/m0/s1. The number of carboxylic acids is 1. The van der Waals surface area contributed by atoms with Crippen LogP contribution in [0.3, 0.4) is 0 Å². The maximum atomic E-state index is 12.4. The molecule has 1 aliphatic heterocycles. The molecule has 0 aromatic carbocycles. The minimum atomic E-state index is -0.774. The SMILES string of the molecule is CCN(CC(=O)O)C1CCN(C(=O)NC[C@@H]2C[C@H]2C2CCCCC2)CC1. The average Bonchev–Trinajstić information content (AvgIpc) is 3.44. The molecule has 6 heteroatoms. The number of rotatable bonds is 7. The van der Waals surface area contributed by atoms with E-state index in [0.29, 0.717) is 5.92 Å². The number of hydrogen-bond acceptors (Lipinski definition) is 3. The summed E-state index contributed by atoms with van der Waals surface area (Å²) >= 11 is 0. The molecule has 1 heterocycles. The molecule has 0 spiro atoms.